The van der Waals surface area contributed by atoms with Crippen molar-refractivity contribution in [2.75, 3.05) is 25.0 Å². The normalized spacial score (nSPS) is 17.2. The first-order chi connectivity index (χ1) is 13.6. The van der Waals surface area contributed by atoms with Gasteiger partial charge in [-0.05, 0) is 69.3 Å². The summed E-state index contributed by atoms with van der Waals surface area (Å²) in [7, 11) is 0. The van der Waals surface area contributed by atoms with Gasteiger partial charge in [-0.15, -0.1) is 11.3 Å². The monoisotopic (exact) mass is 399 g/mol. The number of thiophene rings is 1. The van der Waals surface area contributed by atoms with Crippen LogP contribution >= 0.6 is 11.3 Å². The molecule has 1 saturated heterocycles. The number of para-hydroxylation sites is 1. The number of benzene rings is 1. The van der Waals surface area contributed by atoms with E-state index >= 15 is 0 Å². The van der Waals surface area contributed by atoms with Gasteiger partial charge in [-0.2, -0.15) is 0 Å². The van der Waals surface area contributed by atoms with Crippen molar-refractivity contribution in [3.05, 3.63) is 52.2 Å². The molecule has 5 nitrogen and oxygen atoms in total. The summed E-state index contributed by atoms with van der Waals surface area (Å²) >= 11 is 1.38. The van der Waals surface area contributed by atoms with E-state index in [-0.39, 0.29) is 11.8 Å². The number of anilines is 1. The minimum Gasteiger partial charge on any atom is -0.352 e. The third-order valence-electron chi connectivity index (χ3n) is 5.26. The van der Waals surface area contributed by atoms with E-state index in [1.807, 2.05) is 23.6 Å². The molecule has 2 amide bonds. The van der Waals surface area contributed by atoms with Gasteiger partial charge < -0.3 is 15.5 Å². The highest BCUT2D eigenvalue weighted by Crippen LogP contribution is 2.18. The van der Waals surface area contributed by atoms with Crippen LogP contribution in [0.15, 0.2) is 41.8 Å². The molecule has 1 aliphatic heterocycles. The lowest BCUT2D eigenvalue weighted by atomic mass is 10.0. The molecule has 1 aliphatic rings. The Morgan fingerprint density at radius 1 is 1.11 bits per heavy atom. The number of likely N-dealkylation sites (tertiary alicyclic amines) is 1. The molecule has 1 fully saturated rings. The van der Waals surface area contributed by atoms with E-state index in [0.29, 0.717) is 28.7 Å². The van der Waals surface area contributed by atoms with Crippen LogP contribution in [0.2, 0.25) is 0 Å². The van der Waals surface area contributed by atoms with Crippen molar-refractivity contribution in [2.24, 2.45) is 0 Å². The Morgan fingerprint density at radius 2 is 1.96 bits per heavy atom. The maximum Gasteiger partial charge on any atom is 0.265 e. The zero-order valence-electron chi connectivity index (χ0n) is 16.4. The van der Waals surface area contributed by atoms with Crippen molar-refractivity contribution < 1.29 is 9.59 Å². The maximum absolute atomic E-state index is 12.6. The Labute approximate surface area is 171 Å². The molecule has 1 aromatic carbocycles. The molecule has 0 saturated carbocycles. The van der Waals surface area contributed by atoms with Crippen molar-refractivity contribution in [1.82, 2.24) is 10.2 Å². The van der Waals surface area contributed by atoms with E-state index in [2.05, 4.69) is 22.5 Å². The largest absolute Gasteiger partial charge is 0.352 e. The molecule has 0 spiro atoms. The molecule has 3 rings (SSSR count). The predicted molar refractivity (Wildman–Crippen MR) is 115 cm³/mol. The number of nitrogens with one attached hydrogen (secondary N) is 2. The van der Waals surface area contributed by atoms with Crippen LogP contribution in [-0.4, -0.2) is 42.4 Å². The average molecular weight is 400 g/mol. The number of unbranched alkanes of at least 4 members (excludes halogenated alkanes) is 1. The fourth-order valence-electron chi connectivity index (χ4n) is 3.61. The molecular formula is C22H29N3O2S. The van der Waals surface area contributed by atoms with Gasteiger partial charge in [-0.3, -0.25) is 9.59 Å². The van der Waals surface area contributed by atoms with Gasteiger partial charge in [-0.25, -0.2) is 0 Å². The minimum atomic E-state index is -0.189. The lowest BCUT2D eigenvalue weighted by molar-refractivity contribution is 0.0952. The summed E-state index contributed by atoms with van der Waals surface area (Å²) < 4.78 is 0. The van der Waals surface area contributed by atoms with Crippen LogP contribution in [0.1, 0.15) is 59.1 Å². The number of amides is 2. The van der Waals surface area contributed by atoms with Gasteiger partial charge in [0.15, 0.2) is 0 Å². The first-order valence-corrected chi connectivity index (χ1v) is 11.0. The minimum absolute atomic E-state index is 0.145. The highest BCUT2D eigenvalue weighted by molar-refractivity contribution is 7.12. The molecule has 2 heterocycles. The van der Waals surface area contributed by atoms with Gasteiger partial charge >= 0.3 is 0 Å². The number of carbonyl (C=O) groups is 2. The summed E-state index contributed by atoms with van der Waals surface area (Å²) in [5.74, 6) is -0.334. The number of rotatable bonds is 8. The van der Waals surface area contributed by atoms with Crippen LogP contribution in [-0.2, 0) is 0 Å². The lowest BCUT2D eigenvalue weighted by Crippen LogP contribution is -2.38. The molecule has 1 atom stereocenters. The molecule has 150 valence electrons. The van der Waals surface area contributed by atoms with Gasteiger partial charge in [-0.1, -0.05) is 24.6 Å². The van der Waals surface area contributed by atoms with E-state index in [0.717, 1.165) is 19.4 Å². The second-order valence-corrected chi connectivity index (χ2v) is 8.27. The summed E-state index contributed by atoms with van der Waals surface area (Å²) in [4.78, 5) is 28.1. The summed E-state index contributed by atoms with van der Waals surface area (Å²) in [6.45, 7) is 5.26. The van der Waals surface area contributed by atoms with Crippen LogP contribution in [0, 0.1) is 0 Å². The molecule has 2 N–H and O–H groups in total. The fraction of sp³-hybridized carbons (Fsp3) is 0.455. The van der Waals surface area contributed by atoms with Gasteiger partial charge in [0.1, 0.15) is 0 Å². The van der Waals surface area contributed by atoms with E-state index in [4.69, 9.17) is 0 Å². The van der Waals surface area contributed by atoms with Crippen LogP contribution in [0.25, 0.3) is 0 Å². The molecule has 28 heavy (non-hydrogen) atoms. The molecule has 6 heteroatoms. The van der Waals surface area contributed by atoms with Crippen LogP contribution in [0.5, 0.6) is 0 Å². The van der Waals surface area contributed by atoms with Gasteiger partial charge in [0.25, 0.3) is 11.8 Å². The summed E-state index contributed by atoms with van der Waals surface area (Å²) in [6, 6.07) is 11.4. The second kappa shape index (κ2) is 10.4. The summed E-state index contributed by atoms with van der Waals surface area (Å²) in [5, 5.41) is 7.70. The van der Waals surface area contributed by atoms with Crippen molar-refractivity contribution in [2.45, 2.75) is 45.1 Å². The first kappa shape index (κ1) is 20.6. The first-order valence-electron chi connectivity index (χ1n) is 10.1. The number of piperidine rings is 1. The molecule has 2 aromatic rings. The van der Waals surface area contributed by atoms with Gasteiger partial charge in [0.2, 0.25) is 0 Å². The van der Waals surface area contributed by atoms with Crippen LogP contribution < -0.4 is 10.6 Å². The zero-order chi connectivity index (χ0) is 19.8. The second-order valence-electron chi connectivity index (χ2n) is 7.32. The van der Waals surface area contributed by atoms with Crippen molar-refractivity contribution in [3.63, 3.8) is 0 Å². The SMILES string of the molecule is CC1CCCCN1CCCCNC(=O)c1ccccc1NC(=O)c1cccs1. The van der Waals surface area contributed by atoms with Crippen molar-refractivity contribution >= 4 is 28.8 Å². The van der Waals surface area contributed by atoms with Crippen LogP contribution in [0.3, 0.4) is 0 Å². The Balaban J connectivity index is 1.46. The Bertz CT molecular complexity index is 776. The molecule has 1 unspecified atom stereocenters. The van der Waals surface area contributed by atoms with Crippen LogP contribution in [0.4, 0.5) is 5.69 Å². The molecule has 0 radical (unpaired) electrons. The lowest BCUT2D eigenvalue weighted by Gasteiger charge is -2.33. The van der Waals surface area contributed by atoms with Crippen molar-refractivity contribution in [3.8, 4) is 0 Å². The zero-order valence-corrected chi connectivity index (χ0v) is 17.3. The fourth-order valence-corrected chi connectivity index (χ4v) is 4.23. The molecular weight excluding hydrogens is 370 g/mol. The molecule has 1 aromatic heterocycles. The smallest absolute Gasteiger partial charge is 0.265 e. The standard InChI is InChI=1S/C22H29N3O2S/c1-17-9-4-6-14-25(17)15-7-5-13-23-21(26)18-10-2-3-11-19(18)24-22(27)20-12-8-16-28-20/h2-3,8,10-12,16-17H,4-7,9,13-15H2,1H3,(H,23,26)(H,24,27). The molecule has 0 aliphatic carbocycles. The quantitative estimate of drug-likeness (QED) is 0.648. The summed E-state index contributed by atoms with van der Waals surface area (Å²) in [5.41, 5.74) is 1.04. The Hall–Kier alpha value is -2.18. The van der Waals surface area contributed by atoms with E-state index in [9.17, 15) is 9.59 Å². The Morgan fingerprint density at radius 3 is 2.75 bits per heavy atom. The topological polar surface area (TPSA) is 61.4 Å². The van der Waals surface area contributed by atoms with E-state index < -0.39 is 0 Å². The summed E-state index contributed by atoms with van der Waals surface area (Å²) in [6.07, 6.45) is 5.98. The van der Waals surface area contributed by atoms with Gasteiger partial charge in [0.05, 0.1) is 16.1 Å². The Kier molecular flexibility index (Phi) is 7.62. The van der Waals surface area contributed by atoms with E-state index in [1.54, 1.807) is 18.2 Å². The van der Waals surface area contributed by atoms with E-state index in [1.165, 1.54) is 37.1 Å². The average Bonchev–Trinajstić information content (AvgIpc) is 3.24. The number of hydrogen-bond acceptors (Lipinski definition) is 4. The number of nitrogens with zero attached hydrogens (tertiary/aromatic N) is 1. The van der Waals surface area contributed by atoms with Crippen molar-refractivity contribution in [1.29, 1.82) is 0 Å². The molecule has 0 bridgehead atoms. The third-order valence-corrected chi connectivity index (χ3v) is 6.13. The maximum atomic E-state index is 12.6. The number of hydrogen-bond donors (Lipinski definition) is 2. The highest BCUT2D eigenvalue weighted by atomic mass is 32.1. The highest BCUT2D eigenvalue weighted by Gasteiger charge is 2.17. The number of carbonyl (C=O) groups excluding carboxylic acids is 2. The van der Waals surface area contributed by atoms with Gasteiger partial charge in [0, 0.05) is 12.6 Å². The predicted octanol–water partition coefficient (Wildman–Crippen LogP) is 4.38. The third kappa shape index (κ3) is 5.66.